The zero-order chi connectivity index (χ0) is 13.3. The van der Waals surface area contributed by atoms with Gasteiger partial charge in [0.05, 0.1) is 11.3 Å². The number of hydrogen-bond acceptors (Lipinski definition) is 2. The van der Waals surface area contributed by atoms with Crippen molar-refractivity contribution in [1.82, 2.24) is 9.78 Å². The minimum absolute atomic E-state index is 0.461. The lowest BCUT2D eigenvalue weighted by molar-refractivity contribution is -0.137. The van der Waals surface area contributed by atoms with E-state index in [1.54, 1.807) is 13.1 Å². The van der Waals surface area contributed by atoms with E-state index < -0.39 is 11.7 Å². The first-order valence-corrected chi connectivity index (χ1v) is 5.31. The SMILES string of the molecule is Cn1nc(Cc2ccc(C(F)(F)F)cc2)cc1N. The summed E-state index contributed by atoms with van der Waals surface area (Å²) < 4.78 is 38.6. The largest absolute Gasteiger partial charge is 0.416 e. The fraction of sp³-hybridized carbons (Fsp3) is 0.250. The normalized spacial score (nSPS) is 11.8. The van der Waals surface area contributed by atoms with Crippen LogP contribution in [0.3, 0.4) is 0 Å². The first kappa shape index (κ1) is 12.5. The molecule has 0 bridgehead atoms. The summed E-state index contributed by atoms with van der Waals surface area (Å²) in [4.78, 5) is 0. The van der Waals surface area contributed by atoms with Gasteiger partial charge in [0.1, 0.15) is 5.82 Å². The predicted octanol–water partition coefficient (Wildman–Crippen LogP) is 2.61. The molecule has 0 aliphatic heterocycles. The molecular weight excluding hydrogens is 243 g/mol. The number of benzene rings is 1. The van der Waals surface area contributed by atoms with Crippen molar-refractivity contribution in [2.45, 2.75) is 12.6 Å². The van der Waals surface area contributed by atoms with Crippen molar-refractivity contribution < 1.29 is 13.2 Å². The van der Waals surface area contributed by atoms with Crippen molar-refractivity contribution in [1.29, 1.82) is 0 Å². The van der Waals surface area contributed by atoms with Crippen molar-refractivity contribution >= 4 is 5.82 Å². The van der Waals surface area contributed by atoms with Crippen LogP contribution in [0.2, 0.25) is 0 Å². The Morgan fingerprint density at radius 3 is 2.28 bits per heavy atom. The molecule has 0 fully saturated rings. The number of nitrogen functional groups attached to an aromatic ring is 1. The Hall–Kier alpha value is -1.98. The summed E-state index contributed by atoms with van der Waals surface area (Å²) in [6.45, 7) is 0. The molecule has 2 N–H and O–H groups in total. The van der Waals surface area contributed by atoms with Gasteiger partial charge in [0.25, 0.3) is 0 Å². The molecule has 96 valence electrons. The summed E-state index contributed by atoms with van der Waals surface area (Å²) in [7, 11) is 1.71. The molecular formula is C12H12F3N3. The monoisotopic (exact) mass is 255 g/mol. The van der Waals surface area contributed by atoms with Crippen LogP contribution in [-0.2, 0) is 19.6 Å². The smallest absolute Gasteiger partial charge is 0.384 e. The molecule has 0 saturated heterocycles. The number of nitrogens with two attached hydrogens (primary N) is 1. The second kappa shape index (κ2) is 4.36. The first-order chi connectivity index (χ1) is 8.36. The quantitative estimate of drug-likeness (QED) is 0.896. The second-order valence-electron chi connectivity index (χ2n) is 4.06. The third-order valence-corrected chi connectivity index (χ3v) is 2.63. The van der Waals surface area contributed by atoms with Gasteiger partial charge in [-0.1, -0.05) is 12.1 Å². The van der Waals surface area contributed by atoms with E-state index in [0.717, 1.165) is 23.4 Å². The molecule has 2 rings (SSSR count). The van der Waals surface area contributed by atoms with E-state index in [0.29, 0.717) is 12.2 Å². The van der Waals surface area contributed by atoms with E-state index in [9.17, 15) is 13.2 Å². The molecule has 0 spiro atoms. The number of anilines is 1. The van der Waals surface area contributed by atoms with E-state index in [1.165, 1.54) is 16.8 Å². The van der Waals surface area contributed by atoms with Crippen LogP contribution in [0, 0.1) is 0 Å². The maximum absolute atomic E-state index is 12.4. The Balaban J connectivity index is 2.16. The maximum Gasteiger partial charge on any atom is 0.416 e. The van der Waals surface area contributed by atoms with Gasteiger partial charge in [-0.15, -0.1) is 0 Å². The van der Waals surface area contributed by atoms with Gasteiger partial charge in [-0.3, -0.25) is 4.68 Å². The molecule has 0 aliphatic rings. The van der Waals surface area contributed by atoms with Crippen LogP contribution in [-0.4, -0.2) is 9.78 Å². The van der Waals surface area contributed by atoms with E-state index in [1.807, 2.05) is 0 Å². The molecule has 0 radical (unpaired) electrons. The molecule has 1 aromatic heterocycles. The van der Waals surface area contributed by atoms with Gasteiger partial charge in [-0.2, -0.15) is 18.3 Å². The van der Waals surface area contributed by atoms with Crippen LogP contribution in [0.25, 0.3) is 0 Å². The Kier molecular flexibility index (Phi) is 3.02. The van der Waals surface area contributed by atoms with Crippen molar-refractivity contribution in [3.8, 4) is 0 Å². The van der Waals surface area contributed by atoms with E-state index in [-0.39, 0.29) is 0 Å². The van der Waals surface area contributed by atoms with Crippen LogP contribution in [0.5, 0.6) is 0 Å². The summed E-state index contributed by atoms with van der Waals surface area (Å²) in [6, 6.07) is 6.75. The minimum atomic E-state index is -4.30. The molecule has 3 nitrogen and oxygen atoms in total. The molecule has 1 aromatic carbocycles. The zero-order valence-corrected chi connectivity index (χ0v) is 9.70. The van der Waals surface area contributed by atoms with Crippen LogP contribution in [0.1, 0.15) is 16.8 Å². The van der Waals surface area contributed by atoms with Crippen molar-refractivity contribution in [3.05, 3.63) is 47.2 Å². The Labute approximate surface area is 102 Å². The summed E-state index contributed by atoms with van der Waals surface area (Å²) in [5.41, 5.74) is 6.48. The zero-order valence-electron chi connectivity index (χ0n) is 9.70. The lowest BCUT2D eigenvalue weighted by atomic mass is 10.1. The van der Waals surface area contributed by atoms with Gasteiger partial charge < -0.3 is 5.73 Å². The highest BCUT2D eigenvalue weighted by Crippen LogP contribution is 2.29. The average molecular weight is 255 g/mol. The van der Waals surface area contributed by atoms with Crippen molar-refractivity contribution in [2.75, 3.05) is 5.73 Å². The highest BCUT2D eigenvalue weighted by molar-refractivity contribution is 5.34. The maximum atomic E-state index is 12.4. The third kappa shape index (κ3) is 2.64. The fourth-order valence-corrected chi connectivity index (χ4v) is 1.65. The molecule has 0 atom stereocenters. The third-order valence-electron chi connectivity index (χ3n) is 2.63. The molecule has 18 heavy (non-hydrogen) atoms. The summed E-state index contributed by atoms with van der Waals surface area (Å²) in [5.74, 6) is 0.525. The highest BCUT2D eigenvalue weighted by Gasteiger charge is 2.29. The van der Waals surface area contributed by atoms with E-state index in [2.05, 4.69) is 5.10 Å². The van der Waals surface area contributed by atoms with E-state index in [4.69, 9.17) is 5.73 Å². The number of aromatic nitrogens is 2. The summed E-state index contributed by atoms with van der Waals surface area (Å²) >= 11 is 0. The van der Waals surface area contributed by atoms with Crippen LogP contribution < -0.4 is 5.73 Å². The summed E-state index contributed by atoms with van der Waals surface area (Å²) in [5, 5.41) is 4.15. The predicted molar refractivity (Wildman–Crippen MR) is 61.9 cm³/mol. The van der Waals surface area contributed by atoms with Gasteiger partial charge in [-0.05, 0) is 17.7 Å². The number of halogens is 3. The fourth-order valence-electron chi connectivity index (χ4n) is 1.65. The molecule has 1 heterocycles. The molecule has 2 aromatic rings. The molecule has 0 saturated carbocycles. The van der Waals surface area contributed by atoms with Crippen LogP contribution >= 0.6 is 0 Å². The van der Waals surface area contributed by atoms with Gasteiger partial charge in [0, 0.05) is 19.5 Å². The number of aryl methyl sites for hydroxylation is 1. The standard InChI is InChI=1S/C12H12F3N3/c1-18-11(16)7-10(17-18)6-8-2-4-9(5-3-8)12(13,14)15/h2-5,7H,6,16H2,1H3. The number of rotatable bonds is 2. The lowest BCUT2D eigenvalue weighted by Crippen LogP contribution is -2.04. The minimum Gasteiger partial charge on any atom is -0.384 e. The number of nitrogens with zero attached hydrogens (tertiary/aromatic N) is 2. The lowest BCUT2D eigenvalue weighted by Gasteiger charge is -2.06. The Bertz CT molecular complexity index is 521. The number of alkyl halides is 3. The average Bonchev–Trinajstić information content (AvgIpc) is 2.57. The Morgan fingerprint density at radius 2 is 1.83 bits per heavy atom. The van der Waals surface area contributed by atoms with E-state index >= 15 is 0 Å². The van der Waals surface area contributed by atoms with Gasteiger partial charge in [0.2, 0.25) is 0 Å². The second-order valence-corrected chi connectivity index (χ2v) is 4.06. The van der Waals surface area contributed by atoms with Gasteiger partial charge in [-0.25, -0.2) is 0 Å². The Morgan fingerprint density at radius 1 is 1.22 bits per heavy atom. The van der Waals surface area contributed by atoms with Crippen LogP contribution in [0.4, 0.5) is 19.0 Å². The number of hydrogen-bond donors (Lipinski definition) is 1. The molecule has 6 heteroatoms. The summed E-state index contributed by atoms with van der Waals surface area (Å²) in [6.07, 6.45) is -3.84. The molecule has 0 aliphatic carbocycles. The topological polar surface area (TPSA) is 43.8 Å². The molecule has 0 amide bonds. The van der Waals surface area contributed by atoms with Gasteiger partial charge >= 0.3 is 6.18 Å². The highest BCUT2D eigenvalue weighted by atomic mass is 19.4. The first-order valence-electron chi connectivity index (χ1n) is 5.31. The van der Waals surface area contributed by atoms with Gasteiger partial charge in [0.15, 0.2) is 0 Å². The van der Waals surface area contributed by atoms with Crippen LogP contribution in [0.15, 0.2) is 30.3 Å². The van der Waals surface area contributed by atoms with Crippen molar-refractivity contribution in [2.24, 2.45) is 7.05 Å². The van der Waals surface area contributed by atoms with Crippen molar-refractivity contribution in [3.63, 3.8) is 0 Å². The molecule has 0 unspecified atom stereocenters.